The summed E-state index contributed by atoms with van der Waals surface area (Å²) in [5, 5.41) is 3.84. The molecule has 0 heterocycles. The molecule has 18 heavy (non-hydrogen) atoms. The van der Waals surface area contributed by atoms with Crippen molar-refractivity contribution >= 4 is 0 Å². The summed E-state index contributed by atoms with van der Waals surface area (Å²) in [6.07, 6.45) is 10.1. The van der Waals surface area contributed by atoms with Crippen LogP contribution in [0, 0.1) is 11.3 Å². The van der Waals surface area contributed by atoms with Gasteiger partial charge >= 0.3 is 0 Å². The Balaban J connectivity index is 1.90. The Kier molecular flexibility index (Phi) is 5.08. The molecule has 0 aliphatic heterocycles. The fourth-order valence-corrected chi connectivity index (χ4v) is 3.84. The lowest BCUT2D eigenvalue weighted by atomic mass is 9.55. The molecule has 0 amide bonds. The van der Waals surface area contributed by atoms with Crippen LogP contribution in [0.1, 0.15) is 65.7 Å². The third kappa shape index (κ3) is 2.75. The maximum absolute atomic E-state index is 5.99. The molecule has 3 unspecified atom stereocenters. The van der Waals surface area contributed by atoms with Gasteiger partial charge in [-0.15, -0.1) is 0 Å². The van der Waals surface area contributed by atoms with Gasteiger partial charge < -0.3 is 10.1 Å². The summed E-state index contributed by atoms with van der Waals surface area (Å²) < 4.78 is 5.99. The molecule has 0 bridgehead atoms. The summed E-state index contributed by atoms with van der Waals surface area (Å²) in [5.41, 5.74) is 0.488. The summed E-state index contributed by atoms with van der Waals surface area (Å²) >= 11 is 0. The molecule has 0 aromatic rings. The highest BCUT2D eigenvalue weighted by Gasteiger charge is 2.55. The molecule has 2 saturated carbocycles. The van der Waals surface area contributed by atoms with Crippen LogP contribution in [0.2, 0.25) is 0 Å². The first-order valence-corrected chi connectivity index (χ1v) is 8.08. The lowest BCUT2D eigenvalue weighted by molar-refractivity contribution is -0.150. The number of ether oxygens (including phenoxy) is 1. The van der Waals surface area contributed by atoms with Gasteiger partial charge in [0.2, 0.25) is 0 Å². The van der Waals surface area contributed by atoms with E-state index in [1.54, 1.807) is 0 Å². The van der Waals surface area contributed by atoms with Crippen LogP contribution in [0.5, 0.6) is 0 Å². The van der Waals surface area contributed by atoms with Gasteiger partial charge in [0.05, 0.1) is 6.10 Å². The molecule has 106 valence electrons. The molecule has 2 aliphatic carbocycles. The van der Waals surface area contributed by atoms with Crippen LogP contribution in [0.3, 0.4) is 0 Å². The van der Waals surface area contributed by atoms with Crippen LogP contribution in [0.15, 0.2) is 0 Å². The van der Waals surface area contributed by atoms with Crippen molar-refractivity contribution in [2.24, 2.45) is 11.3 Å². The average molecular weight is 253 g/mol. The Hall–Kier alpha value is -0.0800. The first kappa shape index (κ1) is 14.3. The van der Waals surface area contributed by atoms with Crippen molar-refractivity contribution in [2.45, 2.75) is 77.9 Å². The Morgan fingerprint density at radius 3 is 2.56 bits per heavy atom. The predicted molar refractivity (Wildman–Crippen MR) is 76.8 cm³/mol. The largest absolute Gasteiger partial charge is 0.378 e. The minimum atomic E-state index is 0.488. The van der Waals surface area contributed by atoms with E-state index in [9.17, 15) is 0 Å². The monoisotopic (exact) mass is 253 g/mol. The van der Waals surface area contributed by atoms with Gasteiger partial charge in [-0.25, -0.2) is 0 Å². The first-order chi connectivity index (χ1) is 8.73. The van der Waals surface area contributed by atoms with Gasteiger partial charge in [0.1, 0.15) is 0 Å². The first-order valence-electron chi connectivity index (χ1n) is 8.08. The molecule has 2 rings (SSSR count). The van der Waals surface area contributed by atoms with Gasteiger partial charge in [0, 0.05) is 18.1 Å². The summed E-state index contributed by atoms with van der Waals surface area (Å²) in [5.74, 6) is 0.803. The third-order valence-corrected chi connectivity index (χ3v) is 5.35. The van der Waals surface area contributed by atoms with E-state index in [4.69, 9.17) is 4.74 Å². The van der Waals surface area contributed by atoms with Gasteiger partial charge in [-0.1, -0.05) is 39.5 Å². The van der Waals surface area contributed by atoms with Crippen LogP contribution in [0.4, 0.5) is 0 Å². The van der Waals surface area contributed by atoms with E-state index in [1.165, 1.54) is 51.5 Å². The highest BCUT2D eigenvalue weighted by molar-refractivity contribution is 5.08. The maximum Gasteiger partial charge on any atom is 0.0661 e. The fourth-order valence-electron chi connectivity index (χ4n) is 3.84. The smallest absolute Gasteiger partial charge is 0.0661 e. The van der Waals surface area contributed by atoms with E-state index < -0.39 is 0 Å². The Morgan fingerprint density at radius 2 is 1.94 bits per heavy atom. The summed E-state index contributed by atoms with van der Waals surface area (Å²) in [4.78, 5) is 0. The molecule has 0 aromatic carbocycles. The Bertz CT molecular complexity index is 247. The predicted octanol–water partition coefficient (Wildman–Crippen LogP) is 3.75. The molecule has 1 N–H and O–H groups in total. The molecule has 2 heteroatoms. The zero-order valence-electron chi connectivity index (χ0n) is 12.5. The van der Waals surface area contributed by atoms with Crippen molar-refractivity contribution in [3.05, 3.63) is 0 Å². The van der Waals surface area contributed by atoms with Gasteiger partial charge in [-0.2, -0.15) is 0 Å². The average Bonchev–Trinajstić information content (AvgIpc) is 2.42. The van der Waals surface area contributed by atoms with Crippen molar-refractivity contribution in [1.29, 1.82) is 0 Å². The second-order valence-electron chi connectivity index (χ2n) is 6.45. The van der Waals surface area contributed by atoms with E-state index in [0.29, 0.717) is 11.5 Å². The molecule has 0 aromatic heterocycles. The minimum Gasteiger partial charge on any atom is -0.378 e. The molecule has 3 atom stereocenters. The van der Waals surface area contributed by atoms with Crippen molar-refractivity contribution < 1.29 is 4.74 Å². The molecule has 2 fully saturated rings. The van der Waals surface area contributed by atoms with Gasteiger partial charge in [0.15, 0.2) is 0 Å². The quantitative estimate of drug-likeness (QED) is 0.778. The summed E-state index contributed by atoms with van der Waals surface area (Å²) in [7, 11) is 0. The van der Waals surface area contributed by atoms with Gasteiger partial charge in [-0.3, -0.25) is 0 Å². The van der Waals surface area contributed by atoms with E-state index in [1.807, 2.05) is 0 Å². The Labute approximate surface area is 113 Å². The van der Waals surface area contributed by atoms with Gasteiger partial charge in [-0.05, 0) is 38.6 Å². The fraction of sp³-hybridized carbons (Fsp3) is 1.00. The molecular formula is C16H31NO. The van der Waals surface area contributed by atoms with E-state index in [0.717, 1.165) is 18.6 Å². The standard InChI is InChI=1S/C16H31NO/c1-4-13(3)12-17-14-11-15(18-5-2)16(14)9-7-6-8-10-16/h13-15,17H,4-12H2,1-3H3. The topological polar surface area (TPSA) is 21.3 Å². The Morgan fingerprint density at radius 1 is 1.22 bits per heavy atom. The number of hydrogen-bond acceptors (Lipinski definition) is 2. The molecule has 0 saturated heterocycles. The van der Waals surface area contributed by atoms with Crippen molar-refractivity contribution in [3.63, 3.8) is 0 Å². The van der Waals surface area contributed by atoms with E-state index in [-0.39, 0.29) is 0 Å². The van der Waals surface area contributed by atoms with Crippen molar-refractivity contribution in [3.8, 4) is 0 Å². The number of nitrogens with one attached hydrogen (secondary N) is 1. The second-order valence-corrected chi connectivity index (χ2v) is 6.45. The second kappa shape index (κ2) is 6.38. The normalized spacial score (nSPS) is 32.2. The zero-order valence-corrected chi connectivity index (χ0v) is 12.5. The minimum absolute atomic E-state index is 0.488. The van der Waals surface area contributed by atoms with Crippen molar-refractivity contribution in [2.75, 3.05) is 13.2 Å². The molecule has 1 spiro atoms. The SMILES string of the molecule is CCOC1CC(NCC(C)CC)C12CCCCC2. The van der Waals surface area contributed by atoms with Crippen LogP contribution < -0.4 is 5.32 Å². The van der Waals surface area contributed by atoms with Gasteiger partial charge in [0.25, 0.3) is 0 Å². The van der Waals surface area contributed by atoms with Crippen LogP contribution in [-0.4, -0.2) is 25.3 Å². The van der Waals surface area contributed by atoms with E-state index in [2.05, 4.69) is 26.1 Å². The lowest BCUT2D eigenvalue weighted by Gasteiger charge is -2.58. The molecule has 2 aliphatic rings. The van der Waals surface area contributed by atoms with Crippen LogP contribution >= 0.6 is 0 Å². The summed E-state index contributed by atoms with van der Waals surface area (Å²) in [6.45, 7) is 8.83. The molecule has 2 nitrogen and oxygen atoms in total. The van der Waals surface area contributed by atoms with Crippen molar-refractivity contribution in [1.82, 2.24) is 5.32 Å². The van der Waals surface area contributed by atoms with Crippen LogP contribution in [0.25, 0.3) is 0 Å². The van der Waals surface area contributed by atoms with Crippen LogP contribution in [-0.2, 0) is 4.74 Å². The highest BCUT2D eigenvalue weighted by Crippen LogP contribution is 2.53. The van der Waals surface area contributed by atoms with E-state index >= 15 is 0 Å². The lowest BCUT2D eigenvalue weighted by Crippen LogP contribution is -2.64. The molecule has 0 radical (unpaired) electrons. The zero-order chi connectivity index (χ0) is 13.0. The third-order valence-electron chi connectivity index (χ3n) is 5.35. The highest BCUT2D eigenvalue weighted by atomic mass is 16.5. The molecular weight excluding hydrogens is 222 g/mol. The number of rotatable bonds is 6. The number of hydrogen-bond donors (Lipinski definition) is 1. The maximum atomic E-state index is 5.99. The summed E-state index contributed by atoms with van der Waals surface area (Å²) in [6, 6.07) is 0.725.